The normalized spacial score (nSPS) is 11.8. The maximum Gasteiger partial charge on any atom is 0.235 e. The average molecular weight is 740 g/mol. The molecule has 0 atom stereocenters. The van der Waals surface area contributed by atoms with Crippen LogP contribution in [0.3, 0.4) is 0 Å². The lowest BCUT2D eigenvalue weighted by Crippen LogP contribution is -2.03. The van der Waals surface area contributed by atoms with Gasteiger partial charge in [0.1, 0.15) is 0 Å². The van der Waals surface area contributed by atoms with Gasteiger partial charge in [0.25, 0.3) is 0 Å². The highest BCUT2D eigenvalue weighted by Gasteiger charge is 2.22. The molecule has 8 aromatic carbocycles. The number of aromatic nitrogens is 5. The van der Waals surface area contributed by atoms with Crippen molar-refractivity contribution in [3.05, 3.63) is 200 Å². The van der Waals surface area contributed by atoms with Crippen LogP contribution in [0.25, 0.3) is 110 Å². The van der Waals surface area contributed by atoms with E-state index in [1.54, 1.807) is 0 Å². The molecular formula is C53H33N5. The van der Waals surface area contributed by atoms with Crippen LogP contribution < -0.4 is 0 Å². The van der Waals surface area contributed by atoms with Gasteiger partial charge in [-0.2, -0.15) is 0 Å². The van der Waals surface area contributed by atoms with E-state index < -0.39 is 0 Å². The number of rotatable bonds is 5. The summed E-state index contributed by atoms with van der Waals surface area (Å²) in [7, 11) is 0. The highest BCUT2D eigenvalue weighted by atomic mass is 15.2. The summed E-state index contributed by atoms with van der Waals surface area (Å²) in [5.74, 6) is 0.639. The van der Waals surface area contributed by atoms with E-state index in [-0.39, 0.29) is 0 Å². The summed E-state index contributed by atoms with van der Waals surface area (Å²) in [5, 5.41) is 8.17. The van der Waals surface area contributed by atoms with Crippen molar-refractivity contribution in [3.63, 3.8) is 0 Å². The topological polar surface area (TPSA) is 48.5 Å². The molecule has 0 aliphatic heterocycles. The van der Waals surface area contributed by atoms with Crippen LogP contribution in [0.1, 0.15) is 0 Å². The fourth-order valence-electron chi connectivity index (χ4n) is 9.02. The molecular weight excluding hydrogens is 707 g/mol. The molecule has 12 rings (SSSR count). The molecule has 0 N–H and O–H groups in total. The summed E-state index contributed by atoms with van der Waals surface area (Å²) in [6.07, 6.45) is 3.76. The molecule has 0 radical (unpaired) electrons. The van der Waals surface area contributed by atoms with E-state index in [0.717, 1.165) is 66.4 Å². The number of para-hydroxylation sites is 3. The molecule has 4 heterocycles. The van der Waals surface area contributed by atoms with Gasteiger partial charge in [0.2, 0.25) is 5.95 Å². The Morgan fingerprint density at radius 3 is 1.78 bits per heavy atom. The quantitative estimate of drug-likeness (QED) is 0.177. The molecule has 5 nitrogen and oxygen atoms in total. The minimum Gasteiger partial charge on any atom is -0.308 e. The Morgan fingerprint density at radius 2 is 0.983 bits per heavy atom. The van der Waals surface area contributed by atoms with Crippen LogP contribution in [0, 0.1) is 0 Å². The van der Waals surface area contributed by atoms with Crippen LogP contribution in [0.15, 0.2) is 200 Å². The van der Waals surface area contributed by atoms with E-state index in [9.17, 15) is 0 Å². The van der Waals surface area contributed by atoms with Crippen molar-refractivity contribution < 1.29 is 0 Å². The number of hydrogen-bond donors (Lipinski definition) is 0. The standard InChI is InChI=1S/C53H33N5/c1-2-13-34(14-3-1)35-24-26-36(27-25-35)52-43-19-6-9-21-46(43)55-53(56-52)58-48-23-11-8-20-44(48)51-42-18-5-4-16-39(42)45(32-50(51)58)37-28-29-41-40-17-7-10-22-47(40)57(49(41)31-37)38-15-12-30-54-33-38/h1-33H. The number of benzene rings is 8. The van der Waals surface area contributed by atoms with Gasteiger partial charge in [0.15, 0.2) is 0 Å². The second-order valence-corrected chi connectivity index (χ2v) is 14.8. The Balaban J connectivity index is 1.13. The second kappa shape index (κ2) is 12.8. The monoisotopic (exact) mass is 739 g/mol. The first-order chi connectivity index (χ1) is 28.8. The van der Waals surface area contributed by atoms with Crippen molar-refractivity contribution in [1.82, 2.24) is 24.1 Å². The zero-order valence-electron chi connectivity index (χ0n) is 31.3. The van der Waals surface area contributed by atoms with Crippen molar-refractivity contribution in [2.45, 2.75) is 0 Å². The summed E-state index contributed by atoms with van der Waals surface area (Å²) in [4.78, 5) is 15.3. The van der Waals surface area contributed by atoms with Gasteiger partial charge in [0, 0.05) is 38.7 Å². The Hall–Kier alpha value is -7.89. The third-order valence-electron chi connectivity index (χ3n) is 11.6. The van der Waals surface area contributed by atoms with Crippen LogP contribution in [-0.2, 0) is 0 Å². The maximum absolute atomic E-state index is 5.45. The molecule has 5 heteroatoms. The fraction of sp³-hybridized carbons (Fsp3) is 0. The molecule has 0 bridgehead atoms. The first kappa shape index (κ1) is 32.4. The van der Waals surface area contributed by atoms with Crippen molar-refractivity contribution in [2.24, 2.45) is 0 Å². The summed E-state index contributed by atoms with van der Waals surface area (Å²) >= 11 is 0. The van der Waals surface area contributed by atoms with E-state index in [2.05, 4.69) is 196 Å². The van der Waals surface area contributed by atoms with Gasteiger partial charge in [-0.15, -0.1) is 0 Å². The van der Waals surface area contributed by atoms with E-state index in [0.29, 0.717) is 5.95 Å². The number of hydrogen-bond acceptors (Lipinski definition) is 3. The Morgan fingerprint density at radius 1 is 0.362 bits per heavy atom. The minimum absolute atomic E-state index is 0.639. The van der Waals surface area contributed by atoms with Crippen LogP contribution in [0.2, 0.25) is 0 Å². The van der Waals surface area contributed by atoms with Gasteiger partial charge in [-0.3, -0.25) is 9.55 Å². The maximum atomic E-state index is 5.45. The van der Waals surface area contributed by atoms with Crippen LogP contribution in [0.4, 0.5) is 0 Å². The SMILES string of the molecule is c1ccc(-c2ccc(-c3nc(-n4c5ccccc5c5c6ccccc6c(-c6ccc7c8ccccc8n(-c8cccnc8)c7c6)cc54)nc4ccccc34)cc2)cc1. The first-order valence-electron chi connectivity index (χ1n) is 19.6. The van der Waals surface area contributed by atoms with Crippen molar-refractivity contribution >= 4 is 65.3 Å². The molecule has 58 heavy (non-hydrogen) atoms. The van der Waals surface area contributed by atoms with E-state index in [4.69, 9.17) is 9.97 Å². The molecule has 12 aromatic rings. The first-order valence-corrected chi connectivity index (χ1v) is 19.6. The van der Waals surface area contributed by atoms with E-state index >= 15 is 0 Å². The molecule has 0 aliphatic carbocycles. The molecule has 0 amide bonds. The molecule has 0 saturated heterocycles. The third kappa shape index (κ3) is 4.93. The Bertz CT molecular complexity index is 3550. The molecule has 0 saturated carbocycles. The Labute approximate surface area is 333 Å². The summed E-state index contributed by atoms with van der Waals surface area (Å²) < 4.78 is 4.59. The van der Waals surface area contributed by atoms with Crippen molar-refractivity contribution in [2.75, 3.05) is 0 Å². The lowest BCUT2D eigenvalue weighted by molar-refractivity contribution is 1.01. The fourth-order valence-corrected chi connectivity index (χ4v) is 9.02. The van der Waals surface area contributed by atoms with Gasteiger partial charge >= 0.3 is 0 Å². The number of pyridine rings is 1. The third-order valence-corrected chi connectivity index (χ3v) is 11.6. The lowest BCUT2D eigenvalue weighted by atomic mass is 9.94. The average Bonchev–Trinajstić information content (AvgIpc) is 3.81. The molecule has 0 unspecified atom stereocenters. The molecule has 0 fully saturated rings. The van der Waals surface area contributed by atoms with Crippen LogP contribution in [-0.4, -0.2) is 24.1 Å². The smallest absolute Gasteiger partial charge is 0.235 e. The highest BCUT2D eigenvalue weighted by Crippen LogP contribution is 2.43. The van der Waals surface area contributed by atoms with Gasteiger partial charge in [-0.1, -0.05) is 146 Å². The van der Waals surface area contributed by atoms with Crippen molar-refractivity contribution in [3.8, 4) is 45.1 Å². The van der Waals surface area contributed by atoms with Gasteiger partial charge in [0.05, 0.1) is 45.2 Å². The second-order valence-electron chi connectivity index (χ2n) is 14.8. The highest BCUT2D eigenvalue weighted by molar-refractivity contribution is 6.24. The summed E-state index contributed by atoms with van der Waals surface area (Å²) in [5.41, 5.74) is 12.9. The number of fused-ring (bicyclic) bond motifs is 9. The van der Waals surface area contributed by atoms with Crippen LogP contribution in [0.5, 0.6) is 0 Å². The lowest BCUT2D eigenvalue weighted by Gasteiger charge is -2.14. The van der Waals surface area contributed by atoms with Crippen LogP contribution >= 0.6 is 0 Å². The van der Waals surface area contributed by atoms with E-state index in [1.165, 1.54) is 38.1 Å². The number of nitrogens with zero attached hydrogens (tertiary/aromatic N) is 5. The van der Waals surface area contributed by atoms with E-state index in [1.807, 2.05) is 18.5 Å². The van der Waals surface area contributed by atoms with Crippen molar-refractivity contribution in [1.29, 1.82) is 0 Å². The summed E-state index contributed by atoms with van der Waals surface area (Å²) in [6.45, 7) is 0. The molecule has 270 valence electrons. The zero-order chi connectivity index (χ0) is 38.2. The molecule has 4 aromatic heterocycles. The van der Waals surface area contributed by atoms with Gasteiger partial charge in [-0.05, 0) is 75.5 Å². The molecule has 0 aliphatic rings. The molecule has 0 spiro atoms. The Kier molecular flexibility index (Phi) is 7.16. The van der Waals surface area contributed by atoms with Gasteiger partial charge in [-0.25, -0.2) is 9.97 Å². The predicted molar refractivity (Wildman–Crippen MR) is 240 cm³/mol. The zero-order valence-corrected chi connectivity index (χ0v) is 31.3. The minimum atomic E-state index is 0.639. The predicted octanol–water partition coefficient (Wildman–Crippen LogP) is 13.4. The van der Waals surface area contributed by atoms with Gasteiger partial charge < -0.3 is 4.57 Å². The summed E-state index contributed by atoms with van der Waals surface area (Å²) in [6, 6.07) is 67.0. The largest absolute Gasteiger partial charge is 0.308 e.